The highest BCUT2D eigenvalue weighted by molar-refractivity contribution is 7.88. The summed E-state index contributed by atoms with van der Waals surface area (Å²) in [5.74, 6) is 1.15. The van der Waals surface area contributed by atoms with Gasteiger partial charge in [-0.05, 0) is 55.0 Å². The Balaban J connectivity index is 1.31. The van der Waals surface area contributed by atoms with E-state index >= 15 is 0 Å². The fourth-order valence-electron chi connectivity index (χ4n) is 4.19. The number of amides is 1. The molecule has 1 aromatic heterocycles. The Labute approximate surface area is 183 Å². The molecule has 1 amide bonds. The molecule has 3 aromatic rings. The average Bonchev–Trinajstić information content (AvgIpc) is 3.08. The number of imidazole rings is 1. The molecule has 0 saturated carbocycles. The van der Waals surface area contributed by atoms with E-state index in [9.17, 15) is 13.2 Å². The third kappa shape index (κ3) is 4.97. The molecule has 31 heavy (non-hydrogen) atoms. The van der Waals surface area contributed by atoms with Gasteiger partial charge in [-0.15, -0.1) is 0 Å². The first-order valence-corrected chi connectivity index (χ1v) is 12.4. The van der Waals surface area contributed by atoms with Gasteiger partial charge in [0.25, 0.3) is 5.91 Å². The number of benzene rings is 2. The lowest BCUT2D eigenvalue weighted by atomic mass is 9.91. The van der Waals surface area contributed by atoms with Crippen molar-refractivity contribution in [2.75, 3.05) is 19.3 Å². The number of para-hydroxylation sites is 2. The molecule has 0 atom stereocenters. The lowest BCUT2D eigenvalue weighted by molar-refractivity contribution is 0.0949. The molecule has 1 fully saturated rings. The van der Waals surface area contributed by atoms with Gasteiger partial charge in [0.15, 0.2) is 0 Å². The van der Waals surface area contributed by atoms with Gasteiger partial charge in [0.1, 0.15) is 5.82 Å². The van der Waals surface area contributed by atoms with Crippen molar-refractivity contribution in [3.8, 4) is 0 Å². The van der Waals surface area contributed by atoms with Crippen LogP contribution in [0.4, 0.5) is 0 Å². The van der Waals surface area contributed by atoms with Crippen LogP contribution in [0.15, 0.2) is 48.5 Å². The zero-order chi connectivity index (χ0) is 22.0. The highest BCUT2D eigenvalue weighted by Crippen LogP contribution is 2.23. The number of nitrogens with one attached hydrogen (secondary N) is 1. The molecule has 1 N–H and O–H groups in total. The van der Waals surface area contributed by atoms with Crippen LogP contribution in [-0.2, 0) is 30.0 Å². The highest BCUT2D eigenvalue weighted by atomic mass is 32.2. The number of hydrogen-bond donors (Lipinski definition) is 1. The van der Waals surface area contributed by atoms with Crippen molar-refractivity contribution in [2.24, 2.45) is 13.0 Å². The van der Waals surface area contributed by atoms with Crippen molar-refractivity contribution in [3.63, 3.8) is 0 Å². The first-order chi connectivity index (χ1) is 14.8. The molecule has 0 unspecified atom stereocenters. The Hall–Kier alpha value is -2.71. The Morgan fingerprint density at radius 2 is 1.77 bits per heavy atom. The average molecular weight is 441 g/mol. The molecule has 0 spiro atoms. The minimum atomic E-state index is -3.09. The van der Waals surface area contributed by atoms with Crippen LogP contribution in [0.5, 0.6) is 0 Å². The fraction of sp³-hybridized carbons (Fsp3) is 0.391. The van der Waals surface area contributed by atoms with Crippen molar-refractivity contribution >= 4 is 27.0 Å². The molecule has 2 aromatic carbocycles. The summed E-state index contributed by atoms with van der Waals surface area (Å²) in [5, 5.41) is 2.95. The van der Waals surface area contributed by atoms with Crippen molar-refractivity contribution < 1.29 is 13.2 Å². The zero-order valence-corrected chi connectivity index (χ0v) is 18.7. The Bertz CT molecular complexity index is 1180. The largest absolute Gasteiger partial charge is 0.345 e. The van der Waals surface area contributed by atoms with E-state index in [1.165, 1.54) is 11.8 Å². The zero-order valence-electron chi connectivity index (χ0n) is 17.9. The Morgan fingerprint density at radius 3 is 2.42 bits per heavy atom. The molecule has 2 heterocycles. The van der Waals surface area contributed by atoms with E-state index in [0.29, 0.717) is 31.1 Å². The van der Waals surface area contributed by atoms with Gasteiger partial charge in [-0.1, -0.05) is 24.3 Å². The molecule has 0 bridgehead atoms. The van der Waals surface area contributed by atoms with E-state index in [1.54, 1.807) is 4.31 Å². The first kappa shape index (κ1) is 21.5. The standard InChI is InChI=1S/C23H28N4O3S/c1-26-21-6-4-3-5-20(21)25-22(26)16-24-23(28)19-9-7-17(8-10-19)15-18-11-13-27(14-12-18)31(2,29)30/h3-10,18H,11-16H2,1-2H3,(H,24,28). The van der Waals surface area contributed by atoms with Gasteiger partial charge in [-0.25, -0.2) is 17.7 Å². The molecule has 1 aliphatic heterocycles. The predicted octanol–water partition coefficient (Wildman–Crippen LogP) is 2.72. The molecule has 7 nitrogen and oxygen atoms in total. The minimum Gasteiger partial charge on any atom is -0.345 e. The summed E-state index contributed by atoms with van der Waals surface area (Å²) in [7, 11) is -1.14. The number of piperidine rings is 1. The number of aryl methyl sites for hydroxylation is 1. The van der Waals surface area contributed by atoms with Crippen LogP contribution in [0, 0.1) is 5.92 Å². The van der Waals surface area contributed by atoms with E-state index < -0.39 is 10.0 Å². The SMILES string of the molecule is Cn1c(CNC(=O)c2ccc(CC3CCN(S(C)(=O)=O)CC3)cc2)nc2ccccc21. The van der Waals surface area contributed by atoms with Crippen LogP contribution < -0.4 is 5.32 Å². The molecule has 1 aliphatic rings. The number of hydrogen-bond acceptors (Lipinski definition) is 4. The lowest BCUT2D eigenvalue weighted by Crippen LogP contribution is -2.38. The molecule has 4 rings (SSSR count). The molecular weight excluding hydrogens is 412 g/mol. The summed E-state index contributed by atoms with van der Waals surface area (Å²) in [4.78, 5) is 17.1. The van der Waals surface area contributed by atoms with E-state index in [0.717, 1.165) is 36.1 Å². The van der Waals surface area contributed by atoms with Crippen LogP contribution in [0.3, 0.4) is 0 Å². The van der Waals surface area contributed by atoms with E-state index in [4.69, 9.17) is 0 Å². The van der Waals surface area contributed by atoms with Crippen LogP contribution >= 0.6 is 0 Å². The number of nitrogens with zero attached hydrogens (tertiary/aromatic N) is 3. The number of aromatic nitrogens is 2. The summed E-state index contributed by atoms with van der Waals surface area (Å²) < 4.78 is 26.8. The third-order valence-electron chi connectivity index (χ3n) is 6.07. The second-order valence-corrected chi connectivity index (χ2v) is 10.2. The van der Waals surface area contributed by atoms with Crippen LogP contribution in [0.25, 0.3) is 11.0 Å². The number of rotatable bonds is 6. The van der Waals surface area contributed by atoms with Crippen molar-refractivity contribution in [3.05, 3.63) is 65.5 Å². The summed E-state index contributed by atoms with van der Waals surface area (Å²) in [6, 6.07) is 15.6. The summed E-state index contributed by atoms with van der Waals surface area (Å²) in [5.41, 5.74) is 3.75. The lowest BCUT2D eigenvalue weighted by Gasteiger charge is -2.30. The maximum atomic E-state index is 12.6. The summed E-state index contributed by atoms with van der Waals surface area (Å²) in [6.45, 7) is 1.54. The van der Waals surface area contributed by atoms with Crippen LogP contribution in [0.2, 0.25) is 0 Å². The van der Waals surface area contributed by atoms with Gasteiger partial charge in [-0.2, -0.15) is 0 Å². The molecule has 0 aliphatic carbocycles. The molecule has 0 radical (unpaired) electrons. The topological polar surface area (TPSA) is 84.3 Å². The number of fused-ring (bicyclic) bond motifs is 1. The second-order valence-electron chi connectivity index (χ2n) is 8.26. The van der Waals surface area contributed by atoms with Gasteiger partial charge in [0.05, 0.1) is 23.8 Å². The molecule has 1 saturated heterocycles. The number of sulfonamides is 1. The smallest absolute Gasteiger partial charge is 0.251 e. The second kappa shape index (κ2) is 8.80. The fourth-order valence-corrected chi connectivity index (χ4v) is 5.06. The van der Waals surface area contributed by atoms with Gasteiger partial charge in [0.2, 0.25) is 10.0 Å². The number of carbonyl (C=O) groups excluding carboxylic acids is 1. The maximum Gasteiger partial charge on any atom is 0.251 e. The van der Waals surface area contributed by atoms with Gasteiger partial charge in [-0.3, -0.25) is 4.79 Å². The van der Waals surface area contributed by atoms with Crippen LogP contribution in [0.1, 0.15) is 34.6 Å². The first-order valence-electron chi connectivity index (χ1n) is 10.5. The van der Waals surface area contributed by atoms with Crippen molar-refractivity contribution in [2.45, 2.75) is 25.8 Å². The van der Waals surface area contributed by atoms with E-state index in [2.05, 4.69) is 10.3 Å². The van der Waals surface area contributed by atoms with Gasteiger partial charge < -0.3 is 9.88 Å². The minimum absolute atomic E-state index is 0.125. The summed E-state index contributed by atoms with van der Waals surface area (Å²) in [6.07, 6.45) is 3.91. The molecular formula is C23H28N4O3S. The Kier molecular flexibility index (Phi) is 6.11. The van der Waals surface area contributed by atoms with Crippen molar-refractivity contribution in [1.29, 1.82) is 0 Å². The highest BCUT2D eigenvalue weighted by Gasteiger charge is 2.24. The quantitative estimate of drug-likeness (QED) is 0.639. The Morgan fingerprint density at radius 1 is 1.10 bits per heavy atom. The maximum absolute atomic E-state index is 12.6. The molecule has 164 valence electrons. The predicted molar refractivity (Wildman–Crippen MR) is 121 cm³/mol. The monoisotopic (exact) mass is 440 g/mol. The summed E-state index contributed by atoms with van der Waals surface area (Å²) >= 11 is 0. The normalized spacial score (nSPS) is 15.9. The van der Waals surface area contributed by atoms with Gasteiger partial charge >= 0.3 is 0 Å². The molecule has 8 heteroatoms. The van der Waals surface area contributed by atoms with Gasteiger partial charge in [0, 0.05) is 25.7 Å². The number of carbonyl (C=O) groups is 1. The van der Waals surface area contributed by atoms with Crippen molar-refractivity contribution in [1.82, 2.24) is 19.2 Å². The van der Waals surface area contributed by atoms with Crippen LogP contribution in [-0.4, -0.2) is 47.5 Å². The van der Waals surface area contributed by atoms with E-state index in [1.807, 2.05) is 60.1 Å². The van der Waals surface area contributed by atoms with E-state index in [-0.39, 0.29) is 5.91 Å². The third-order valence-corrected chi connectivity index (χ3v) is 7.37.